The van der Waals surface area contributed by atoms with Gasteiger partial charge >= 0.3 is 0 Å². The highest BCUT2D eigenvalue weighted by molar-refractivity contribution is 5.78. The van der Waals surface area contributed by atoms with Crippen molar-refractivity contribution in [2.75, 3.05) is 54.1 Å². The predicted molar refractivity (Wildman–Crippen MR) is 54.1 cm³/mol. The Morgan fingerprint density at radius 2 is 2.00 bits per heavy atom. The van der Waals surface area contributed by atoms with Gasteiger partial charge in [-0.1, -0.05) is 0 Å². The molecule has 0 saturated carbocycles. The highest BCUT2D eigenvalue weighted by atomic mass is 16.5. The van der Waals surface area contributed by atoms with Crippen LogP contribution in [0.3, 0.4) is 0 Å². The van der Waals surface area contributed by atoms with Crippen LogP contribution in [0.2, 0.25) is 0 Å². The van der Waals surface area contributed by atoms with Crippen LogP contribution in [-0.4, -0.2) is 74.9 Å². The number of aliphatic hydroxyl groups is 1. The molecule has 0 aliphatic heterocycles. The van der Waals surface area contributed by atoms with Crippen molar-refractivity contribution in [3.8, 4) is 0 Å². The third-order valence-electron chi connectivity index (χ3n) is 1.74. The molecule has 0 rings (SSSR count). The molecular weight excluding hydrogens is 184 g/mol. The van der Waals surface area contributed by atoms with Crippen LogP contribution in [0.15, 0.2) is 0 Å². The van der Waals surface area contributed by atoms with Crippen LogP contribution in [0, 0.1) is 0 Å². The molecule has 0 radical (unpaired) electrons. The van der Waals surface area contributed by atoms with Gasteiger partial charge in [0.2, 0.25) is 5.91 Å². The summed E-state index contributed by atoms with van der Waals surface area (Å²) in [6, 6.07) is 0. The number of methoxy groups -OCH3 is 1. The van der Waals surface area contributed by atoms with E-state index in [1.807, 2.05) is 14.1 Å². The van der Waals surface area contributed by atoms with Crippen LogP contribution < -0.4 is 0 Å². The Morgan fingerprint density at radius 3 is 2.43 bits per heavy atom. The monoisotopic (exact) mass is 204 g/mol. The van der Waals surface area contributed by atoms with Crippen LogP contribution in [0.1, 0.15) is 0 Å². The standard InChI is InChI=1S/C9H20N2O3/c1-10(2)8-9(13)11(4-6-12)5-7-14-3/h12H,4-8H2,1-3H3. The lowest BCUT2D eigenvalue weighted by atomic mass is 10.4. The van der Waals surface area contributed by atoms with E-state index in [0.29, 0.717) is 26.2 Å². The van der Waals surface area contributed by atoms with Crippen molar-refractivity contribution in [2.45, 2.75) is 0 Å². The molecule has 0 unspecified atom stereocenters. The maximum Gasteiger partial charge on any atom is 0.236 e. The number of carbonyl (C=O) groups is 1. The maximum atomic E-state index is 11.6. The lowest BCUT2D eigenvalue weighted by Gasteiger charge is -2.23. The minimum atomic E-state index is -0.0110. The number of aliphatic hydroxyl groups excluding tert-OH is 1. The van der Waals surface area contributed by atoms with E-state index in [9.17, 15) is 4.79 Å². The van der Waals surface area contributed by atoms with E-state index in [1.165, 1.54) is 0 Å². The second-order valence-corrected chi connectivity index (χ2v) is 3.33. The average molecular weight is 204 g/mol. The molecule has 0 aliphatic carbocycles. The second kappa shape index (κ2) is 7.73. The molecule has 1 N–H and O–H groups in total. The Hall–Kier alpha value is -0.650. The van der Waals surface area contributed by atoms with Gasteiger partial charge in [0.1, 0.15) is 0 Å². The molecule has 5 nitrogen and oxygen atoms in total. The summed E-state index contributed by atoms with van der Waals surface area (Å²) in [5, 5.41) is 8.77. The third-order valence-corrected chi connectivity index (χ3v) is 1.74. The van der Waals surface area contributed by atoms with Crippen LogP contribution in [-0.2, 0) is 9.53 Å². The SMILES string of the molecule is COCCN(CCO)C(=O)CN(C)C. The number of hydrogen-bond acceptors (Lipinski definition) is 4. The van der Waals surface area contributed by atoms with Crippen LogP contribution in [0.25, 0.3) is 0 Å². The van der Waals surface area contributed by atoms with Gasteiger partial charge in [-0.15, -0.1) is 0 Å². The van der Waals surface area contributed by atoms with Gasteiger partial charge in [0.05, 0.1) is 19.8 Å². The van der Waals surface area contributed by atoms with Crippen molar-refractivity contribution in [1.82, 2.24) is 9.80 Å². The topological polar surface area (TPSA) is 53.0 Å². The Morgan fingerprint density at radius 1 is 1.36 bits per heavy atom. The summed E-state index contributed by atoms with van der Waals surface area (Å²) >= 11 is 0. The van der Waals surface area contributed by atoms with Crippen LogP contribution >= 0.6 is 0 Å². The van der Waals surface area contributed by atoms with Crippen LogP contribution in [0.5, 0.6) is 0 Å². The summed E-state index contributed by atoms with van der Waals surface area (Å²) in [5.41, 5.74) is 0. The Balaban J connectivity index is 3.97. The fourth-order valence-corrected chi connectivity index (χ4v) is 1.05. The fraction of sp³-hybridized carbons (Fsp3) is 0.889. The summed E-state index contributed by atoms with van der Waals surface area (Å²) in [4.78, 5) is 15.0. The van der Waals surface area contributed by atoms with Gasteiger partial charge in [0.25, 0.3) is 0 Å². The molecule has 0 atom stereocenters. The number of carbonyl (C=O) groups excluding carboxylic acids is 1. The molecule has 1 amide bonds. The largest absolute Gasteiger partial charge is 0.395 e. The van der Waals surface area contributed by atoms with E-state index < -0.39 is 0 Å². The molecule has 0 aromatic heterocycles. The molecule has 0 fully saturated rings. The molecule has 0 bridgehead atoms. The summed E-state index contributed by atoms with van der Waals surface area (Å²) < 4.78 is 4.88. The summed E-state index contributed by atoms with van der Waals surface area (Å²) in [6.07, 6.45) is 0. The molecule has 0 aromatic carbocycles. The number of likely N-dealkylation sites (N-methyl/N-ethyl adjacent to an activating group) is 1. The molecule has 84 valence electrons. The van der Waals surface area contributed by atoms with E-state index in [1.54, 1.807) is 16.9 Å². The summed E-state index contributed by atoms with van der Waals surface area (Å²) in [7, 11) is 5.27. The van der Waals surface area contributed by atoms with Crippen molar-refractivity contribution >= 4 is 5.91 Å². The van der Waals surface area contributed by atoms with Crippen molar-refractivity contribution in [3.63, 3.8) is 0 Å². The van der Waals surface area contributed by atoms with Gasteiger partial charge < -0.3 is 19.6 Å². The number of ether oxygens (including phenoxy) is 1. The normalized spacial score (nSPS) is 10.6. The third kappa shape index (κ3) is 5.90. The van der Waals surface area contributed by atoms with Crippen molar-refractivity contribution < 1.29 is 14.6 Å². The first-order chi connectivity index (χ1) is 6.61. The number of nitrogens with zero attached hydrogens (tertiary/aromatic N) is 2. The summed E-state index contributed by atoms with van der Waals surface area (Å²) in [5.74, 6) is 0.0149. The van der Waals surface area contributed by atoms with Crippen LogP contribution in [0.4, 0.5) is 0 Å². The number of rotatable bonds is 7. The minimum absolute atomic E-state index is 0.0110. The fourth-order valence-electron chi connectivity index (χ4n) is 1.05. The minimum Gasteiger partial charge on any atom is -0.395 e. The lowest BCUT2D eigenvalue weighted by molar-refractivity contribution is -0.133. The quantitative estimate of drug-likeness (QED) is 0.579. The average Bonchev–Trinajstić information content (AvgIpc) is 2.10. The molecule has 0 heterocycles. The van der Waals surface area contributed by atoms with Gasteiger partial charge in [0.15, 0.2) is 0 Å². The first-order valence-corrected chi connectivity index (χ1v) is 4.64. The zero-order valence-electron chi connectivity index (χ0n) is 9.19. The van der Waals surface area contributed by atoms with Crippen molar-refractivity contribution in [2.24, 2.45) is 0 Å². The smallest absolute Gasteiger partial charge is 0.236 e. The van der Waals surface area contributed by atoms with Gasteiger partial charge in [0, 0.05) is 20.2 Å². The summed E-state index contributed by atoms with van der Waals surface area (Å²) in [6.45, 7) is 1.76. The predicted octanol–water partition coefficient (Wildman–Crippen LogP) is -0.985. The highest BCUT2D eigenvalue weighted by Crippen LogP contribution is 1.91. The molecular formula is C9H20N2O3. The number of hydrogen-bond donors (Lipinski definition) is 1. The van der Waals surface area contributed by atoms with Gasteiger partial charge in [-0.3, -0.25) is 4.79 Å². The first-order valence-electron chi connectivity index (χ1n) is 4.64. The molecule has 0 saturated heterocycles. The lowest BCUT2D eigenvalue weighted by Crippen LogP contribution is -2.41. The first kappa shape index (κ1) is 13.4. The zero-order valence-corrected chi connectivity index (χ0v) is 9.19. The zero-order chi connectivity index (χ0) is 11.0. The van der Waals surface area contributed by atoms with Gasteiger partial charge in [-0.05, 0) is 14.1 Å². The van der Waals surface area contributed by atoms with E-state index in [4.69, 9.17) is 9.84 Å². The van der Waals surface area contributed by atoms with Crippen molar-refractivity contribution in [3.05, 3.63) is 0 Å². The van der Waals surface area contributed by atoms with Crippen molar-refractivity contribution in [1.29, 1.82) is 0 Å². The number of amides is 1. The maximum absolute atomic E-state index is 11.6. The van der Waals surface area contributed by atoms with Gasteiger partial charge in [-0.2, -0.15) is 0 Å². The molecule has 0 spiro atoms. The Bertz CT molecular complexity index is 162. The second-order valence-electron chi connectivity index (χ2n) is 3.33. The highest BCUT2D eigenvalue weighted by Gasteiger charge is 2.12. The molecule has 5 heteroatoms. The Labute approximate surface area is 85.2 Å². The van der Waals surface area contributed by atoms with E-state index in [-0.39, 0.29) is 12.5 Å². The Kier molecular flexibility index (Phi) is 7.37. The molecule has 14 heavy (non-hydrogen) atoms. The van der Waals surface area contributed by atoms with E-state index in [0.717, 1.165) is 0 Å². The molecule has 0 aliphatic rings. The van der Waals surface area contributed by atoms with Gasteiger partial charge in [-0.25, -0.2) is 0 Å². The van der Waals surface area contributed by atoms with E-state index in [2.05, 4.69) is 0 Å². The van der Waals surface area contributed by atoms with E-state index >= 15 is 0 Å². The molecule has 0 aromatic rings.